The highest BCUT2D eigenvalue weighted by Crippen LogP contribution is 2.92. The van der Waals surface area contributed by atoms with Crippen molar-refractivity contribution in [3.8, 4) is 11.8 Å². The third kappa shape index (κ3) is 6.16. The number of benzene rings is 1. The number of fused-ring (bicyclic) bond motifs is 7. The summed E-state index contributed by atoms with van der Waals surface area (Å²) in [5, 5.41) is 42.5. The molecule has 9 bridgehead atoms. The van der Waals surface area contributed by atoms with Crippen molar-refractivity contribution in [3.05, 3.63) is 107 Å². The fourth-order valence-electron chi connectivity index (χ4n) is 31.4. The minimum Gasteiger partial charge on any atom is -0.469 e. The number of nitrogens with one attached hydrogen (secondary N) is 1. The molecule has 8 heterocycles. The van der Waals surface area contributed by atoms with Gasteiger partial charge in [0.2, 0.25) is 0 Å². The van der Waals surface area contributed by atoms with E-state index in [9.17, 15) is 10.2 Å². The van der Waals surface area contributed by atoms with Crippen molar-refractivity contribution in [2.45, 2.75) is 195 Å². The number of rotatable bonds is 7. The van der Waals surface area contributed by atoms with Crippen LogP contribution in [0.2, 0.25) is 0 Å². The zero-order valence-corrected chi connectivity index (χ0v) is 54.6. The normalized spacial score (nSPS) is 54.7. The summed E-state index contributed by atoms with van der Waals surface area (Å²) in [6.45, 7) is 3.85. The summed E-state index contributed by atoms with van der Waals surface area (Å²) in [5.74, 6) is 7.39. The summed E-state index contributed by atoms with van der Waals surface area (Å²) in [7, 11) is 0. The molecule has 4 N–H and O–H groups in total. The molecule has 13 heteroatoms. The molecule has 0 radical (unpaired) electrons. The number of carbonyl (C=O) groups is 3. The summed E-state index contributed by atoms with van der Waals surface area (Å²) in [6, 6.07) is 11.3. The van der Waals surface area contributed by atoms with E-state index < -0.39 is 97.9 Å². The molecule has 14 fully saturated rings. The summed E-state index contributed by atoms with van der Waals surface area (Å²) in [5.41, 5.74) is -5.28. The maximum Gasteiger partial charge on any atom is 0.339 e. The zero-order chi connectivity index (χ0) is 62.6. The highest BCUT2D eigenvalue weighted by atomic mass is 16.7. The van der Waals surface area contributed by atoms with Crippen molar-refractivity contribution in [2.24, 2.45) is 134 Å². The molecule has 22 rings (SSSR count). The predicted octanol–water partition coefficient (Wildman–Crippen LogP) is 10.3. The van der Waals surface area contributed by atoms with Crippen LogP contribution in [0.1, 0.15) is 151 Å². The number of epoxide rings is 1. The zero-order valence-electron chi connectivity index (χ0n) is 54.6. The molecule has 7 aliphatic heterocycles. The Morgan fingerprint density at radius 2 is 1.78 bits per heavy atom. The second-order valence-electron chi connectivity index (χ2n) is 35.7. The minimum absolute atomic E-state index is 0.0341. The van der Waals surface area contributed by atoms with Gasteiger partial charge in [-0.05, 0) is 227 Å². The number of cyclic esters (lactones) is 1. The molecule has 20 aliphatic rings. The van der Waals surface area contributed by atoms with Crippen LogP contribution in [0.4, 0.5) is 0 Å². The second-order valence-corrected chi connectivity index (χ2v) is 35.7. The number of aliphatic hydroxyl groups excluding tert-OH is 3. The average Bonchev–Trinajstić information content (AvgIpc) is 1.41. The van der Waals surface area contributed by atoms with Gasteiger partial charge >= 0.3 is 11.9 Å². The molecule has 2 aromatic rings. The number of Topliss-reactive ketones (excluding diaryl/α,β-unsaturated/α-hetero) is 1. The van der Waals surface area contributed by atoms with E-state index in [0.717, 1.165) is 108 Å². The molecule has 1 aromatic carbocycles. The monoisotopic (exact) mass is 1270 g/mol. The lowest BCUT2D eigenvalue weighted by atomic mass is 9.28. The topological polar surface area (TPSA) is 181 Å². The first kappa shape index (κ1) is 57.1. The first-order valence-electron chi connectivity index (χ1n) is 37.9. The van der Waals surface area contributed by atoms with Crippen LogP contribution >= 0.6 is 0 Å². The number of ether oxygens (including phenoxy) is 4. The van der Waals surface area contributed by atoms with E-state index in [2.05, 4.69) is 102 Å². The number of furan rings is 1. The number of esters is 2. The maximum absolute atomic E-state index is 18.3. The van der Waals surface area contributed by atoms with Crippen LogP contribution < -0.4 is 5.32 Å². The van der Waals surface area contributed by atoms with Gasteiger partial charge in [0.25, 0.3) is 0 Å². The molecule has 13 aliphatic carbocycles. The molecule has 13 nitrogen and oxygen atoms in total. The minimum atomic E-state index is -1.57. The quantitative estimate of drug-likeness (QED) is 0.0891. The standard InChI is InChI=1S/C81H94N2O11/c1-73-36-50-37-74-26-7-12-53(74)33-54-34-63-75-27-23-45-10-5-13-55(45)58(75)14-6-11-51(75)24-28-77(63)67-65(86)69(87)78(66(50)76(67)41-91-71(88)68(74)80(54,76)94-77)59-31-44(30-43-8-3-2-4-9-43)15-16-46(59)17-20-52-21-18-49-40-90-62(64(49)79(52,73)93-72(89)70-81(73,78)92-70)35-57(61(85)39-84)47-19-22-56-48(32-47)25-29-83-42-82-38-60(56)83/h2-4,6,8-9,11,23,25,27,29,34,40,44-48,50-53,55-61,63,66-70,82,84-85,87H,5,7,10,12-16,18-19,21-22,24,26,28,30-33,35-39,41-42H2,1H3. The van der Waals surface area contributed by atoms with Gasteiger partial charge in [-0.1, -0.05) is 98.4 Å². The molecular formula is C81H94N2O11. The van der Waals surface area contributed by atoms with E-state index in [0.29, 0.717) is 79.9 Å². The first-order valence-corrected chi connectivity index (χ1v) is 37.9. The summed E-state index contributed by atoms with van der Waals surface area (Å²) in [4.78, 5) is 53.5. The maximum atomic E-state index is 18.3. The van der Waals surface area contributed by atoms with Crippen molar-refractivity contribution >= 4 is 17.7 Å². The number of nitrogens with zero attached hydrogens (tertiary/aromatic N) is 1. The van der Waals surface area contributed by atoms with Crippen LogP contribution in [0.5, 0.6) is 0 Å². The van der Waals surface area contributed by atoms with Crippen molar-refractivity contribution in [1.82, 2.24) is 10.2 Å². The van der Waals surface area contributed by atoms with E-state index in [1.54, 1.807) is 0 Å². The number of aryl methyl sites for hydroxylation is 1. The molecule has 494 valence electrons. The molecule has 8 spiro atoms. The van der Waals surface area contributed by atoms with Crippen LogP contribution in [0.15, 0.2) is 89.2 Å². The Morgan fingerprint density at radius 1 is 0.872 bits per heavy atom. The van der Waals surface area contributed by atoms with Gasteiger partial charge in [-0.15, -0.1) is 0 Å². The highest BCUT2D eigenvalue weighted by molar-refractivity contribution is 5.94. The van der Waals surface area contributed by atoms with Crippen molar-refractivity contribution in [3.63, 3.8) is 0 Å². The molecular weight excluding hydrogens is 1180 g/mol. The average molecular weight is 1270 g/mol. The molecule has 31 atom stereocenters. The number of ketones is 1. The Bertz CT molecular complexity index is 3860. The van der Waals surface area contributed by atoms with Gasteiger partial charge < -0.3 is 43.6 Å². The van der Waals surface area contributed by atoms with E-state index in [1.165, 1.54) is 30.4 Å². The van der Waals surface area contributed by atoms with Gasteiger partial charge in [-0.2, -0.15) is 0 Å². The smallest absolute Gasteiger partial charge is 0.339 e. The largest absolute Gasteiger partial charge is 0.469 e. The second kappa shape index (κ2) is 18.7. The van der Waals surface area contributed by atoms with E-state index in [-0.39, 0.29) is 77.7 Å². The van der Waals surface area contributed by atoms with Crippen molar-refractivity contribution in [2.75, 3.05) is 26.4 Å². The number of carbonyl (C=O) groups excluding carboxylic acids is 3. The van der Waals surface area contributed by atoms with Gasteiger partial charge in [0.05, 0.1) is 54.4 Å². The Hall–Kier alpha value is -4.81. The molecule has 1 aromatic heterocycles. The fraction of sp³-hybridized carbons (Fsp3) is 0.716. The molecule has 5 saturated heterocycles. The van der Waals surface area contributed by atoms with Crippen molar-refractivity contribution < 1.29 is 53.1 Å². The Labute approximate surface area is 552 Å². The summed E-state index contributed by atoms with van der Waals surface area (Å²) in [6.07, 6.45) is 34.7. The fourth-order valence-corrected chi connectivity index (χ4v) is 31.4. The number of hydrogen-bond acceptors (Lipinski definition) is 13. The van der Waals surface area contributed by atoms with Crippen LogP contribution in [-0.4, -0.2) is 106 Å². The number of allylic oxidation sites excluding steroid dienone is 5. The number of aliphatic hydroxyl groups is 3. The van der Waals surface area contributed by atoms with Gasteiger partial charge in [0, 0.05) is 52.7 Å². The van der Waals surface area contributed by atoms with Crippen LogP contribution in [-0.2, 0) is 58.2 Å². The van der Waals surface area contributed by atoms with Crippen molar-refractivity contribution in [1.29, 1.82) is 0 Å². The molecule has 9 saturated carbocycles. The lowest BCUT2D eigenvalue weighted by Gasteiger charge is -2.74. The Balaban J connectivity index is 0.781. The predicted molar refractivity (Wildman–Crippen MR) is 343 cm³/mol. The molecule has 0 amide bonds. The van der Waals surface area contributed by atoms with E-state index in [1.807, 2.05) is 6.26 Å². The highest BCUT2D eigenvalue weighted by Gasteiger charge is 3.01. The van der Waals surface area contributed by atoms with Crippen LogP contribution in [0, 0.1) is 145 Å². The SMILES string of the molecule is CC12CC3CC45CCCC4CC4=CC6C7(CCC8C=CCC9C%10CCCC%10C=CC896)OC46C5C(=O)OCC64C7C(=O)C(O)C5(C6CC(Cc7ccccc7)CCC6C#CC6CCc7coc(CC(C(O)CO)C8CCC9C(C=CN%10CNCC9%10)C8)c7C61OC(=O)C1OC152)C34. The van der Waals surface area contributed by atoms with E-state index in [4.69, 9.17) is 23.4 Å². The molecule has 31 unspecified atom stereocenters. The first-order chi connectivity index (χ1) is 45.8. The summed E-state index contributed by atoms with van der Waals surface area (Å²) >= 11 is 0. The Kier molecular flexibility index (Phi) is 11.4. The van der Waals surface area contributed by atoms with E-state index >= 15 is 19.5 Å². The van der Waals surface area contributed by atoms with Gasteiger partial charge in [-0.25, -0.2) is 4.79 Å². The summed E-state index contributed by atoms with van der Waals surface area (Å²) < 4.78 is 38.9. The lowest BCUT2D eigenvalue weighted by molar-refractivity contribution is -0.320. The third-order valence-electron chi connectivity index (χ3n) is 33.7. The lowest BCUT2D eigenvalue weighted by Crippen LogP contribution is -2.84. The Morgan fingerprint density at radius 3 is 2.67 bits per heavy atom. The van der Waals surface area contributed by atoms with Crippen LogP contribution in [0.25, 0.3) is 0 Å². The third-order valence-corrected chi connectivity index (χ3v) is 33.7. The van der Waals surface area contributed by atoms with Crippen LogP contribution in [0.3, 0.4) is 0 Å². The van der Waals surface area contributed by atoms with Gasteiger partial charge in [0.15, 0.2) is 17.5 Å². The number of hydrogen-bond donors (Lipinski definition) is 4. The van der Waals surface area contributed by atoms with Gasteiger partial charge in [-0.3, -0.25) is 14.9 Å². The molecule has 94 heavy (non-hydrogen) atoms. The van der Waals surface area contributed by atoms with Gasteiger partial charge in [0.1, 0.15) is 29.7 Å².